The fraction of sp³-hybridized carbons (Fsp3) is 0.250. The third kappa shape index (κ3) is 4.86. The summed E-state index contributed by atoms with van der Waals surface area (Å²) in [5.41, 5.74) is 1.33. The van der Waals surface area contributed by atoms with E-state index < -0.39 is 11.7 Å². The highest BCUT2D eigenvalue weighted by atomic mass is 35.5. The second-order valence-electron chi connectivity index (χ2n) is 6.23. The van der Waals surface area contributed by atoms with Crippen molar-refractivity contribution in [3.8, 4) is 0 Å². The van der Waals surface area contributed by atoms with Gasteiger partial charge in [-0.05, 0) is 18.2 Å². The molecular weight excluding hydrogens is 366 g/mol. The minimum Gasteiger partial charge on any atom is -0.368 e. The molecule has 1 fully saturated rings. The molecule has 0 aliphatic carbocycles. The highest BCUT2D eigenvalue weighted by Gasteiger charge is 2.23. The van der Waals surface area contributed by atoms with E-state index in [2.05, 4.69) is 10.2 Å². The average molecular weight is 386 g/mol. The maximum atomic E-state index is 12.3. The van der Waals surface area contributed by atoms with Gasteiger partial charge in [-0.25, -0.2) is 0 Å². The van der Waals surface area contributed by atoms with Gasteiger partial charge in [-0.1, -0.05) is 48.0 Å². The van der Waals surface area contributed by atoms with E-state index in [-0.39, 0.29) is 12.5 Å². The topological polar surface area (TPSA) is 69.7 Å². The van der Waals surface area contributed by atoms with Crippen LogP contribution in [0.25, 0.3) is 0 Å². The Hall–Kier alpha value is -2.86. The highest BCUT2D eigenvalue weighted by Crippen LogP contribution is 2.20. The summed E-state index contributed by atoms with van der Waals surface area (Å²) >= 11 is 6.02. The van der Waals surface area contributed by atoms with Crippen LogP contribution in [0.3, 0.4) is 0 Å². The van der Waals surface area contributed by atoms with Crippen molar-refractivity contribution in [3.63, 3.8) is 0 Å². The molecule has 0 unspecified atom stereocenters. The van der Waals surface area contributed by atoms with Gasteiger partial charge in [0.2, 0.25) is 11.7 Å². The Labute approximate surface area is 162 Å². The van der Waals surface area contributed by atoms with Crippen molar-refractivity contribution < 1.29 is 14.4 Å². The molecule has 0 radical (unpaired) electrons. The molecule has 0 bridgehead atoms. The predicted octanol–water partition coefficient (Wildman–Crippen LogP) is 1.99. The number of anilines is 1. The van der Waals surface area contributed by atoms with E-state index in [9.17, 15) is 14.4 Å². The number of piperazine rings is 1. The van der Waals surface area contributed by atoms with Gasteiger partial charge in [0.05, 0.1) is 6.54 Å². The molecule has 7 heteroatoms. The first kappa shape index (κ1) is 18.9. The number of nitrogens with one attached hydrogen (secondary N) is 1. The van der Waals surface area contributed by atoms with Crippen molar-refractivity contribution in [2.45, 2.75) is 0 Å². The third-order valence-electron chi connectivity index (χ3n) is 4.45. The molecule has 2 aromatic rings. The van der Waals surface area contributed by atoms with E-state index in [0.717, 1.165) is 5.69 Å². The molecule has 0 atom stereocenters. The van der Waals surface area contributed by atoms with Crippen LogP contribution >= 0.6 is 11.6 Å². The van der Waals surface area contributed by atoms with Gasteiger partial charge in [-0.2, -0.15) is 0 Å². The smallest absolute Gasteiger partial charge is 0.292 e. The molecule has 140 valence electrons. The molecule has 1 aliphatic rings. The lowest BCUT2D eigenvalue weighted by atomic mass is 10.1. The monoisotopic (exact) mass is 385 g/mol. The fourth-order valence-corrected chi connectivity index (χ4v) is 3.14. The number of ketones is 1. The predicted molar refractivity (Wildman–Crippen MR) is 104 cm³/mol. The minimum absolute atomic E-state index is 0.186. The van der Waals surface area contributed by atoms with Gasteiger partial charge in [0.15, 0.2) is 0 Å². The number of rotatable bonds is 5. The molecule has 1 heterocycles. The maximum absolute atomic E-state index is 12.3. The number of nitrogens with zero attached hydrogens (tertiary/aromatic N) is 2. The number of halogens is 1. The van der Waals surface area contributed by atoms with E-state index in [4.69, 9.17) is 11.6 Å². The highest BCUT2D eigenvalue weighted by molar-refractivity contribution is 6.43. The number of benzene rings is 2. The molecular formula is C20H20ClN3O3. The molecule has 0 spiro atoms. The van der Waals surface area contributed by atoms with Crippen molar-refractivity contribution in [1.82, 2.24) is 10.2 Å². The van der Waals surface area contributed by atoms with Crippen molar-refractivity contribution in [1.29, 1.82) is 0 Å². The van der Waals surface area contributed by atoms with E-state index in [1.165, 1.54) is 0 Å². The van der Waals surface area contributed by atoms with Crippen LogP contribution in [0.2, 0.25) is 5.02 Å². The van der Waals surface area contributed by atoms with Crippen molar-refractivity contribution >= 4 is 34.9 Å². The lowest BCUT2D eigenvalue weighted by molar-refractivity contribution is -0.132. The quantitative estimate of drug-likeness (QED) is 0.631. The van der Waals surface area contributed by atoms with Crippen molar-refractivity contribution in [3.05, 3.63) is 65.2 Å². The summed E-state index contributed by atoms with van der Waals surface area (Å²) in [7, 11) is 0. The summed E-state index contributed by atoms with van der Waals surface area (Å²) in [5.74, 6) is -1.61. The Bertz CT molecular complexity index is 833. The fourth-order valence-electron chi connectivity index (χ4n) is 2.96. The number of carbonyl (C=O) groups excluding carboxylic acids is 3. The first-order chi connectivity index (χ1) is 13.0. The zero-order chi connectivity index (χ0) is 19.2. The van der Waals surface area contributed by atoms with E-state index >= 15 is 0 Å². The van der Waals surface area contributed by atoms with Gasteiger partial charge >= 0.3 is 0 Å². The first-order valence-corrected chi connectivity index (χ1v) is 9.08. The van der Waals surface area contributed by atoms with Gasteiger partial charge in [0, 0.05) is 42.5 Å². The molecule has 1 N–H and O–H groups in total. The normalized spacial score (nSPS) is 14.0. The largest absolute Gasteiger partial charge is 0.368 e. The van der Waals surface area contributed by atoms with Crippen molar-refractivity contribution in [2.24, 2.45) is 0 Å². The first-order valence-electron chi connectivity index (χ1n) is 8.70. The molecule has 1 aliphatic heterocycles. The van der Waals surface area contributed by atoms with E-state index in [1.807, 2.05) is 24.3 Å². The third-order valence-corrected chi connectivity index (χ3v) is 4.68. The lowest BCUT2D eigenvalue weighted by Crippen LogP contribution is -2.51. The number of carbonyl (C=O) groups is 3. The Morgan fingerprint density at radius 3 is 2.30 bits per heavy atom. The Morgan fingerprint density at radius 1 is 0.926 bits per heavy atom. The number of amides is 2. The minimum atomic E-state index is -0.771. The summed E-state index contributed by atoms with van der Waals surface area (Å²) in [5, 5.41) is 3.10. The zero-order valence-electron chi connectivity index (χ0n) is 14.7. The van der Waals surface area contributed by atoms with Crippen LogP contribution in [0.5, 0.6) is 0 Å². The Morgan fingerprint density at radius 2 is 1.63 bits per heavy atom. The van der Waals surface area contributed by atoms with Gasteiger partial charge in [0.1, 0.15) is 0 Å². The molecule has 1 saturated heterocycles. The van der Waals surface area contributed by atoms with Crippen LogP contribution in [0, 0.1) is 0 Å². The summed E-state index contributed by atoms with van der Waals surface area (Å²) in [6.07, 6.45) is 0. The molecule has 27 heavy (non-hydrogen) atoms. The summed E-state index contributed by atoms with van der Waals surface area (Å²) < 4.78 is 0. The number of Topliss-reactive ketones (excluding diaryl/α,β-unsaturated/α-hetero) is 1. The zero-order valence-corrected chi connectivity index (χ0v) is 15.5. The second kappa shape index (κ2) is 8.68. The number of hydrogen-bond acceptors (Lipinski definition) is 4. The van der Waals surface area contributed by atoms with Crippen LogP contribution in [-0.4, -0.2) is 55.2 Å². The summed E-state index contributed by atoms with van der Waals surface area (Å²) in [6.45, 7) is 2.28. The SMILES string of the molecule is O=C(NCC(=O)N1CCN(c2cccc(Cl)c2)CC1)C(=O)c1ccccc1. The molecule has 6 nitrogen and oxygen atoms in total. The number of hydrogen-bond donors (Lipinski definition) is 1. The standard InChI is InChI=1S/C20H20ClN3O3/c21-16-7-4-8-17(13-16)23-9-11-24(12-10-23)18(25)14-22-20(27)19(26)15-5-2-1-3-6-15/h1-8,13H,9-12,14H2,(H,22,27). The molecule has 0 aromatic heterocycles. The van der Waals surface area contributed by atoms with Gasteiger partial charge < -0.3 is 15.1 Å². The summed E-state index contributed by atoms with van der Waals surface area (Å²) in [6, 6.07) is 15.9. The van der Waals surface area contributed by atoms with Gasteiger partial charge in [-0.15, -0.1) is 0 Å². The molecule has 2 amide bonds. The maximum Gasteiger partial charge on any atom is 0.292 e. The van der Waals surface area contributed by atoms with Crippen molar-refractivity contribution in [2.75, 3.05) is 37.6 Å². The van der Waals surface area contributed by atoms with Gasteiger partial charge in [-0.3, -0.25) is 14.4 Å². The van der Waals surface area contributed by atoms with Crippen LogP contribution in [0.4, 0.5) is 5.69 Å². The van der Waals surface area contributed by atoms with Crippen LogP contribution in [0.15, 0.2) is 54.6 Å². The summed E-state index contributed by atoms with van der Waals surface area (Å²) in [4.78, 5) is 40.1. The molecule has 0 saturated carbocycles. The average Bonchev–Trinajstić information content (AvgIpc) is 2.72. The van der Waals surface area contributed by atoms with E-state index in [1.54, 1.807) is 35.2 Å². The molecule has 2 aromatic carbocycles. The lowest BCUT2D eigenvalue weighted by Gasteiger charge is -2.36. The van der Waals surface area contributed by atoms with E-state index in [0.29, 0.717) is 36.8 Å². The molecule has 3 rings (SSSR count). The van der Waals surface area contributed by atoms with Crippen LogP contribution in [0.1, 0.15) is 10.4 Å². The Kier molecular flexibility index (Phi) is 6.08. The van der Waals surface area contributed by atoms with Gasteiger partial charge in [0.25, 0.3) is 5.91 Å². The van der Waals surface area contributed by atoms with Crippen LogP contribution in [-0.2, 0) is 9.59 Å². The van der Waals surface area contributed by atoms with Crippen LogP contribution < -0.4 is 10.2 Å². The second-order valence-corrected chi connectivity index (χ2v) is 6.66. The Balaban J connectivity index is 1.47.